The molecule has 114 heavy (non-hydrogen) atoms. The van der Waals surface area contributed by atoms with E-state index in [9.17, 15) is 82.1 Å². The third-order valence-corrected chi connectivity index (χ3v) is 17.0. The summed E-state index contributed by atoms with van der Waals surface area (Å²) < 4.78 is 0. The van der Waals surface area contributed by atoms with Crippen LogP contribution < -0.4 is 131 Å². The van der Waals surface area contributed by atoms with Gasteiger partial charge in [0, 0.05) is 45.6 Å². The Hall–Kier alpha value is -12.5. The van der Waals surface area contributed by atoms with Crippen LogP contribution in [0.5, 0.6) is 0 Å². The maximum absolute atomic E-state index is 14.9. The number of hydrogen-bond acceptors (Lipinski definition) is 22. The number of guanidine groups is 5. The van der Waals surface area contributed by atoms with E-state index in [2.05, 4.69) is 85.1 Å². The van der Waals surface area contributed by atoms with Gasteiger partial charge < -0.3 is 146 Å². The molecule has 0 radical (unpaired) electrons. The molecule has 0 bridgehead atoms. The van der Waals surface area contributed by atoms with Crippen molar-refractivity contribution in [3.8, 4) is 0 Å². The van der Waals surface area contributed by atoms with Crippen molar-refractivity contribution in [3.05, 3.63) is 35.9 Å². The van der Waals surface area contributed by atoms with Crippen LogP contribution in [0.15, 0.2) is 30.3 Å². The zero-order valence-corrected chi connectivity index (χ0v) is 64.3. The molecule has 0 unspecified atom stereocenters. The molecule has 0 aliphatic heterocycles. The Morgan fingerprint density at radius 2 is 0.684 bits per heavy atom. The molecule has 1 rings (SSSR count). The van der Waals surface area contributed by atoms with Gasteiger partial charge in [0.25, 0.3) is 0 Å². The van der Waals surface area contributed by atoms with E-state index in [4.69, 9.17) is 78.0 Å². The minimum atomic E-state index is -1.89. The number of nitrogens with one attached hydrogen (secondary N) is 21. The molecule has 0 fully saturated rings. The van der Waals surface area contributed by atoms with Gasteiger partial charge in [0.15, 0.2) is 29.8 Å². The summed E-state index contributed by atoms with van der Waals surface area (Å²) in [5, 5.41) is 107. The number of hydrogen-bond donors (Lipinski definition) is 32. The zero-order chi connectivity index (χ0) is 86.3. The van der Waals surface area contributed by atoms with Crippen molar-refractivity contribution in [1.29, 1.82) is 27.0 Å². The molecule has 0 saturated heterocycles. The number of rotatable bonds is 57. The molecule has 13 amide bonds. The van der Waals surface area contributed by atoms with Crippen molar-refractivity contribution in [2.24, 2.45) is 57.7 Å². The molecule has 47 heteroatoms. The topological polar surface area (TPSA) is 837 Å². The van der Waals surface area contributed by atoms with Gasteiger partial charge in [0.2, 0.25) is 76.8 Å². The average molecular weight is 1620 g/mol. The van der Waals surface area contributed by atoms with Crippen LogP contribution in [-0.4, -0.2) is 246 Å². The fraction of sp³-hybridized carbons (Fsp3) is 0.612. The van der Waals surface area contributed by atoms with Gasteiger partial charge in [0.05, 0.1) is 25.5 Å². The van der Waals surface area contributed by atoms with Crippen molar-refractivity contribution >= 4 is 119 Å². The maximum atomic E-state index is 14.9. The highest BCUT2D eigenvalue weighted by Crippen LogP contribution is 2.15. The van der Waals surface area contributed by atoms with E-state index in [0.717, 1.165) is 0 Å². The number of aliphatic hydroxyl groups excluding tert-OH is 1. The van der Waals surface area contributed by atoms with E-state index in [1.807, 2.05) is 0 Å². The van der Waals surface area contributed by atoms with Gasteiger partial charge in [0.1, 0.15) is 66.5 Å². The average Bonchev–Trinajstić information content (AvgIpc) is 0.851. The first-order chi connectivity index (χ1) is 53.6. The lowest BCUT2D eigenvalue weighted by Crippen LogP contribution is -2.62. The van der Waals surface area contributed by atoms with Crippen LogP contribution in [0.25, 0.3) is 0 Å². The number of nitrogens with two attached hydrogens (primary N) is 8. The number of primary amides is 2. The van der Waals surface area contributed by atoms with Crippen LogP contribution in [0.1, 0.15) is 136 Å². The molecule has 1 aromatic carbocycles. The molecule has 13 atom stereocenters. The van der Waals surface area contributed by atoms with Crippen molar-refractivity contribution in [2.45, 2.75) is 209 Å². The molecule has 0 heterocycles. The highest BCUT2D eigenvalue weighted by atomic mass is 16.4. The Morgan fingerprint density at radius 3 is 1.04 bits per heavy atom. The number of carboxylic acids is 2. The minimum absolute atomic E-state index is 0.00991. The smallest absolute Gasteiger partial charge is 0.326 e. The number of aliphatic hydroxyl groups is 1. The van der Waals surface area contributed by atoms with Crippen LogP contribution in [-0.2, 0) is 78.3 Å². The number of carbonyl (C=O) groups is 15. The van der Waals surface area contributed by atoms with Gasteiger partial charge in [-0.15, -0.1) is 0 Å². The van der Waals surface area contributed by atoms with Gasteiger partial charge in [-0.05, 0) is 94.4 Å². The molecular formula is C67H117N29O18. The number of amides is 13. The number of carboxylic acid groups (broad SMARTS) is 2. The third kappa shape index (κ3) is 42.1. The lowest BCUT2D eigenvalue weighted by molar-refractivity contribution is -0.143. The van der Waals surface area contributed by atoms with Gasteiger partial charge >= 0.3 is 11.9 Å². The molecule has 638 valence electrons. The Labute approximate surface area is 657 Å². The summed E-state index contributed by atoms with van der Waals surface area (Å²) in [4.78, 5) is 205. The quantitative estimate of drug-likeness (QED) is 0.0164. The molecule has 0 aliphatic carbocycles. The molecule has 0 aliphatic rings. The monoisotopic (exact) mass is 1620 g/mol. The van der Waals surface area contributed by atoms with E-state index in [-0.39, 0.29) is 122 Å². The fourth-order valence-corrected chi connectivity index (χ4v) is 10.8. The number of aliphatic carboxylic acids is 2. The molecule has 0 saturated carbocycles. The Bertz CT molecular complexity index is 3470. The SMILES string of the molecule is CC[C@H](C)[C@H](NC(=O)[C@H](CO)NC(=O)[C@H](Cc1ccccc1)NC(=O)[C@H](CC(C)C)NC(=O)[C@H](CCCNC(=N)N)NC(=O)[C@H](CCCNC(=N)N)NC(=O)[C@H](CCCNC(=N)N)NC(=O)[C@H](CC(N)=O)NC(=O)[C@H](CCCNC(=N)N)NC(=O)[C@@H](N)CCCNC(=N)N)C(=O)N[C@@H](CC(N)=O)C(=O)N[C@@H](CCC(=O)O)C(=O)O. The van der Waals surface area contributed by atoms with Crippen molar-refractivity contribution in [2.75, 3.05) is 39.3 Å². The van der Waals surface area contributed by atoms with Gasteiger partial charge in [-0.1, -0.05) is 64.4 Å². The van der Waals surface area contributed by atoms with Crippen molar-refractivity contribution in [3.63, 3.8) is 0 Å². The fourth-order valence-electron chi connectivity index (χ4n) is 10.8. The maximum Gasteiger partial charge on any atom is 0.326 e. The molecule has 1 aromatic rings. The van der Waals surface area contributed by atoms with E-state index in [1.165, 1.54) is 6.92 Å². The van der Waals surface area contributed by atoms with Crippen LogP contribution in [0.4, 0.5) is 0 Å². The minimum Gasteiger partial charge on any atom is -0.481 e. The normalized spacial score (nSPS) is 14.3. The summed E-state index contributed by atoms with van der Waals surface area (Å²) in [6, 6.07) is -11.6. The summed E-state index contributed by atoms with van der Waals surface area (Å²) in [6.07, 6.45) is -3.99. The molecule has 47 nitrogen and oxygen atoms in total. The van der Waals surface area contributed by atoms with Gasteiger partial charge in [-0.25, -0.2) is 4.79 Å². The van der Waals surface area contributed by atoms with Gasteiger partial charge in [-0.2, -0.15) is 0 Å². The second kappa shape index (κ2) is 53.4. The Kier molecular flexibility index (Phi) is 46.7. The summed E-state index contributed by atoms with van der Waals surface area (Å²) in [6.45, 7) is 5.40. The first kappa shape index (κ1) is 99.5. The first-order valence-corrected chi connectivity index (χ1v) is 36.7. The summed E-state index contributed by atoms with van der Waals surface area (Å²) >= 11 is 0. The summed E-state index contributed by atoms with van der Waals surface area (Å²) in [5.74, 6) is -20.4. The third-order valence-electron chi connectivity index (χ3n) is 17.0. The van der Waals surface area contributed by atoms with Crippen LogP contribution in [0.2, 0.25) is 0 Å². The predicted molar refractivity (Wildman–Crippen MR) is 413 cm³/mol. The molecule has 0 spiro atoms. The summed E-state index contributed by atoms with van der Waals surface area (Å²) in [5.41, 5.74) is 44.8. The van der Waals surface area contributed by atoms with Gasteiger partial charge in [-0.3, -0.25) is 94.2 Å². The highest BCUT2D eigenvalue weighted by molar-refractivity contribution is 6.01. The molecular weight excluding hydrogens is 1500 g/mol. The Morgan fingerprint density at radius 1 is 0.377 bits per heavy atom. The zero-order valence-electron chi connectivity index (χ0n) is 64.3. The van der Waals surface area contributed by atoms with E-state index in [0.29, 0.717) is 5.56 Å². The number of carbonyl (C=O) groups excluding carboxylic acids is 13. The molecule has 40 N–H and O–H groups in total. The lowest BCUT2D eigenvalue weighted by Gasteiger charge is -2.29. The van der Waals surface area contributed by atoms with Crippen molar-refractivity contribution in [1.82, 2.24) is 85.1 Å². The second-order valence-electron chi connectivity index (χ2n) is 27.1. The van der Waals surface area contributed by atoms with Crippen LogP contribution in [0.3, 0.4) is 0 Å². The largest absolute Gasteiger partial charge is 0.481 e. The van der Waals surface area contributed by atoms with E-state index in [1.54, 1.807) is 51.1 Å². The predicted octanol–water partition coefficient (Wildman–Crippen LogP) is -10.0. The van der Waals surface area contributed by atoms with Crippen molar-refractivity contribution < 1.29 is 87.2 Å². The van der Waals surface area contributed by atoms with E-state index < -0.39 is 229 Å². The lowest BCUT2D eigenvalue weighted by atomic mass is 9.97. The Balaban J connectivity index is 3.90. The summed E-state index contributed by atoms with van der Waals surface area (Å²) in [7, 11) is 0. The standard InChI is InChI=1S/C67H117N29O18/c1-5-34(4)50(61(112)94-45(31-48(70)99)59(110)90-41(62(113)114)21-22-49(100)101)96-60(111)46(32-97)95-57(108)43(29-35-14-7-6-8-15-35)92-56(107)42(28-33(2)3)91-55(106)40(20-13-27-85-67(79)80)88-52(103)38(18-11-25-83-65(75)76)87-53(104)39(19-12-26-84-66(77)78)89-58(109)44(30-47(69)98)93-54(105)37(17-10-24-82-64(73)74)86-51(102)36(68)16-9-23-81-63(71)72/h6-8,14-15,33-34,36-46,50,97H,5,9-13,16-32,68H2,1-4H3,(H2,69,98)(H2,70,99)(H,86,102)(H,87,104)(H,88,103)(H,89,109)(H,90,110)(H,91,106)(H,92,107)(H,93,105)(H,94,112)(H,95,108)(H,96,111)(H,100,101)(H,113,114)(H4,71,72,81)(H4,73,74,82)(H4,75,76,83)(H4,77,78,84)(H4,79,80,85)/t34-,36-,37-,38-,39-,40-,41-,42-,43-,44-,45-,46-,50-/m0/s1. The van der Waals surface area contributed by atoms with E-state index >= 15 is 0 Å². The highest BCUT2D eigenvalue weighted by Gasteiger charge is 2.39. The first-order valence-electron chi connectivity index (χ1n) is 36.7. The number of benzene rings is 1. The molecule has 0 aromatic heterocycles. The second-order valence-corrected chi connectivity index (χ2v) is 27.1. The van der Waals surface area contributed by atoms with Crippen LogP contribution in [0, 0.1) is 38.9 Å². The van der Waals surface area contributed by atoms with Crippen LogP contribution >= 0.6 is 0 Å².